The van der Waals surface area contributed by atoms with E-state index in [1.807, 2.05) is 0 Å². The summed E-state index contributed by atoms with van der Waals surface area (Å²) in [5.74, 6) is 0.217. The van der Waals surface area contributed by atoms with Gasteiger partial charge < -0.3 is 19.9 Å². The zero-order valence-corrected chi connectivity index (χ0v) is 15.8. The molecular formula is C20H30FN3O2. The van der Waals surface area contributed by atoms with Crippen LogP contribution in [-0.4, -0.2) is 61.2 Å². The summed E-state index contributed by atoms with van der Waals surface area (Å²) < 4.78 is 19.7. The Kier molecular flexibility index (Phi) is 6.48. The number of nitrogens with zero attached hydrogens (tertiary/aromatic N) is 2. The monoisotopic (exact) mass is 363 g/mol. The quantitative estimate of drug-likeness (QED) is 0.894. The number of morpholine rings is 1. The number of nitrogens with one attached hydrogen (secondary N) is 1. The molecule has 0 saturated carbocycles. The highest BCUT2D eigenvalue weighted by Crippen LogP contribution is 2.24. The lowest BCUT2D eigenvalue weighted by atomic mass is 9.97. The van der Waals surface area contributed by atoms with Crippen LogP contribution in [0.25, 0.3) is 0 Å². The Morgan fingerprint density at radius 3 is 2.88 bits per heavy atom. The molecule has 1 aromatic rings. The standard InChI is InChI=1S/C20H30FN3O2/c1-15(2)23-9-5-6-16(13-23)12-22-20(25)24-10-11-26-19(14-24)17-7-3-4-8-18(17)21/h3-4,7-8,15-16,19H,5-6,9-14H2,1-2H3,(H,22,25). The molecule has 2 aliphatic rings. The van der Waals surface area contributed by atoms with Crippen molar-refractivity contribution in [3.05, 3.63) is 35.6 Å². The number of carbonyl (C=O) groups excluding carboxylic acids is 1. The number of rotatable bonds is 4. The molecule has 0 radical (unpaired) electrons. The third-order valence-electron chi connectivity index (χ3n) is 5.43. The number of hydrogen-bond acceptors (Lipinski definition) is 3. The first-order valence-electron chi connectivity index (χ1n) is 9.67. The molecule has 5 nitrogen and oxygen atoms in total. The van der Waals surface area contributed by atoms with Crippen molar-refractivity contribution in [2.75, 3.05) is 39.3 Å². The van der Waals surface area contributed by atoms with Crippen molar-refractivity contribution >= 4 is 6.03 Å². The van der Waals surface area contributed by atoms with Crippen LogP contribution in [0.1, 0.15) is 38.4 Å². The van der Waals surface area contributed by atoms with Gasteiger partial charge in [-0.25, -0.2) is 9.18 Å². The maximum atomic E-state index is 14.0. The minimum absolute atomic E-state index is 0.0729. The van der Waals surface area contributed by atoms with Crippen LogP contribution in [0.3, 0.4) is 0 Å². The maximum absolute atomic E-state index is 14.0. The first-order valence-corrected chi connectivity index (χ1v) is 9.67. The zero-order chi connectivity index (χ0) is 18.5. The van der Waals surface area contributed by atoms with E-state index < -0.39 is 6.10 Å². The first kappa shape index (κ1) is 19.1. The summed E-state index contributed by atoms with van der Waals surface area (Å²) in [6, 6.07) is 7.09. The van der Waals surface area contributed by atoms with E-state index >= 15 is 0 Å². The van der Waals surface area contributed by atoms with Crippen LogP contribution < -0.4 is 5.32 Å². The number of ether oxygens (including phenoxy) is 1. The van der Waals surface area contributed by atoms with Crippen LogP contribution in [0.4, 0.5) is 9.18 Å². The highest BCUT2D eigenvalue weighted by Gasteiger charge is 2.28. The Balaban J connectivity index is 1.51. The molecule has 6 heteroatoms. The molecule has 144 valence electrons. The minimum Gasteiger partial charge on any atom is -0.370 e. The van der Waals surface area contributed by atoms with E-state index in [1.165, 1.54) is 12.5 Å². The fourth-order valence-electron chi connectivity index (χ4n) is 3.83. The molecular weight excluding hydrogens is 333 g/mol. The second-order valence-electron chi connectivity index (χ2n) is 7.61. The topological polar surface area (TPSA) is 44.8 Å². The molecule has 0 aliphatic carbocycles. The third-order valence-corrected chi connectivity index (χ3v) is 5.43. The Bertz CT molecular complexity index is 610. The van der Waals surface area contributed by atoms with Crippen LogP contribution in [0.5, 0.6) is 0 Å². The molecule has 2 fully saturated rings. The van der Waals surface area contributed by atoms with Crippen LogP contribution in [-0.2, 0) is 4.74 Å². The second kappa shape index (κ2) is 8.82. The predicted molar refractivity (Wildman–Crippen MR) is 99.5 cm³/mol. The molecule has 2 saturated heterocycles. The average molecular weight is 363 g/mol. The predicted octanol–water partition coefficient (Wildman–Crippen LogP) is 3.03. The maximum Gasteiger partial charge on any atom is 0.317 e. The minimum atomic E-state index is -0.401. The van der Waals surface area contributed by atoms with Crippen molar-refractivity contribution in [2.24, 2.45) is 5.92 Å². The van der Waals surface area contributed by atoms with Crippen molar-refractivity contribution in [3.63, 3.8) is 0 Å². The molecule has 0 spiro atoms. The van der Waals surface area contributed by atoms with E-state index in [0.717, 1.165) is 19.5 Å². The van der Waals surface area contributed by atoms with Crippen molar-refractivity contribution in [2.45, 2.75) is 38.8 Å². The number of carbonyl (C=O) groups is 1. The molecule has 2 unspecified atom stereocenters. The Morgan fingerprint density at radius 2 is 2.12 bits per heavy atom. The van der Waals surface area contributed by atoms with Crippen LogP contribution in [0.2, 0.25) is 0 Å². The molecule has 0 bridgehead atoms. The van der Waals surface area contributed by atoms with Gasteiger partial charge in [0, 0.05) is 31.2 Å². The van der Waals surface area contributed by atoms with Crippen molar-refractivity contribution in [1.29, 1.82) is 0 Å². The summed E-state index contributed by atoms with van der Waals surface area (Å²) in [4.78, 5) is 16.8. The highest BCUT2D eigenvalue weighted by molar-refractivity contribution is 5.74. The number of benzene rings is 1. The van der Waals surface area contributed by atoms with E-state index in [4.69, 9.17) is 4.74 Å². The van der Waals surface area contributed by atoms with Gasteiger partial charge in [0.05, 0.1) is 13.2 Å². The van der Waals surface area contributed by atoms with Gasteiger partial charge in [0.2, 0.25) is 0 Å². The van der Waals surface area contributed by atoms with Gasteiger partial charge in [-0.15, -0.1) is 0 Å². The van der Waals surface area contributed by atoms with Crippen LogP contribution >= 0.6 is 0 Å². The molecule has 3 rings (SSSR count). The normalized spacial score (nSPS) is 24.7. The highest BCUT2D eigenvalue weighted by atomic mass is 19.1. The summed E-state index contributed by atoms with van der Waals surface area (Å²) in [5.41, 5.74) is 0.518. The number of urea groups is 1. The lowest BCUT2D eigenvalue weighted by Gasteiger charge is -2.36. The molecule has 2 amide bonds. The number of hydrogen-bond donors (Lipinski definition) is 1. The van der Waals surface area contributed by atoms with Gasteiger partial charge in [0.15, 0.2) is 0 Å². The molecule has 1 aromatic carbocycles. The van der Waals surface area contributed by atoms with Crippen molar-refractivity contribution in [1.82, 2.24) is 15.1 Å². The van der Waals surface area contributed by atoms with Gasteiger partial charge in [0.25, 0.3) is 0 Å². The number of piperidine rings is 1. The molecule has 26 heavy (non-hydrogen) atoms. The Hall–Kier alpha value is -1.66. The smallest absolute Gasteiger partial charge is 0.317 e. The van der Waals surface area contributed by atoms with Crippen LogP contribution in [0, 0.1) is 11.7 Å². The summed E-state index contributed by atoms with van der Waals surface area (Å²) in [7, 11) is 0. The fourth-order valence-corrected chi connectivity index (χ4v) is 3.83. The summed E-state index contributed by atoms with van der Waals surface area (Å²) in [6.07, 6.45) is 1.94. The SMILES string of the molecule is CC(C)N1CCCC(CNC(=O)N2CCOC(c3ccccc3F)C2)C1. The zero-order valence-electron chi connectivity index (χ0n) is 15.8. The van der Waals surface area contributed by atoms with Gasteiger partial charge in [-0.2, -0.15) is 0 Å². The first-order chi connectivity index (χ1) is 12.5. The van der Waals surface area contributed by atoms with Gasteiger partial charge >= 0.3 is 6.03 Å². The molecule has 2 atom stereocenters. The third kappa shape index (κ3) is 4.74. The van der Waals surface area contributed by atoms with E-state index in [1.54, 1.807) is 23.1 Å². The van der Waals surface area contributed by atoms with E-state index in [0.29, 0.717) is 43.8 Å². The average Bonchev–Trinajstić information content (AvgIpc) is 2.67. The van der Waals surface area contributed by atoms with Crippen molar-refractivity contribution in [3.8, 4) is 0 Å². The number of likely N-dealkylation sites (tertiary alicyclic amines) is 1. The second-order valence-corrected chi connectivity index (χ2v) is 7.61. The van der Waals surface area contributed by atoms with E-state index in [9.17, 15) is 9.18 Å². The van der Waals surface area contributed by atoms with E-state index in [-0.39, 0.29) is 11.8 Å². The Morgan fingerprint density at radius 1 is 1.31 bits per heavy atom. The van der Waals surface area contributed by atoms with Gasteiger partial charge in [-0.1, -0.05) is 18.2 Å². The summed E-state index contributed by atoms with van der Waals surface area (Å²) in [5, 5.41) is 3.08. The molecule has 2 aliphatic heterocycles. The largest absolute Gasteiger partial charge is 0.370 e. The summed E-state index contributed by atoms with van der Waals surface area (Å²) in [6.45, 7) is 8.68. The lowest BCUT2D eigenvalue weighted by molar-refractivity contribution is -0.0173. The summed E-state index contributed by atoms with van der Waals surface area (Å²) >= 11 is 0. The van der Waals surface area contributed by atoms with Crippen molar-refractivity contribution < 1.29 is 13.9 Å². The number of amides is 2. The molecule has 0 aromatic heterocycles. The van der Waals surface area contributed by atoms with Gasteiger partial charge in [0.1, 0.15) is 11.9 Å². The van der Waals surface area contributed by atoms with Gasteiger partial charge in [-0.3, -0.25) is 0 Å². The molecule has 2 heterocycles. The molecule has 1 N–H and O–H groups in total. The fraction of sp³-hybridized carbons (Fsp3) is 0.650. The van der Waals surface area contributed by atoms with Crippen LogP contribution in [0.15, 0.2) is 24.3 Å². The lowest BCUT2D eigenvalue weighted by Crippen LogP contribution is -2.50. The van der Waals surface area contributed by atoms with E-state index in [2.05, 4.69) is 24.1 Å². The number of halogens is 1. The van der Waals surface area contributed by atoms with Gasteiger partial charge in [-0.05, 0) is 45.2 Å². The Labute approximate surface area is 155 Å².